The number of hydrogen-bond acceptors (Lipinski definition) is 2. The molecule has 0 saturated heterocycles. The molecule has 2 nitrogen and oxygen atoms in total. The number of benzene rings is 10. The summed E-state index contributed by atoms with van der Waals surface area (Å²) in [4.78, 5) is 2.52. The van der Waals surface area contributed by atoms with Crippen molar-refractivity contribution in [3.63, 3.8) is 0 Å². The Morgan fingerprint density at radius 3 is 1.81 bits per heavy atom. The standard InChI is InChI=1S/C59H38N2S/c1-4-18-40(19-5-1)59(41-20-6-2-7-21-41)51-36-31-39-17-10-11-24-45(39)57(51)50-35-33-43(37-52(50)59)60(54-29-16-27-49-48-26-13-15-30-56(48)62-58(49)54)44-32-34-47-46-25-12-14-28-53(46)61(55(47)38-44)42-22-8-3-9-23-42/h1-38H. The van der Waals surface area contributed by atoms with Gasteiger partial charge in [-0.25, -0.2) is 0 Å². The van der Waals surface area contributed by atoms with Crippen LogP contribution in [0.2, 0.25) is 0 Å². The molecule has 0 radical (unpaired) electrons. The van der Waals surface area contributed by atoms with Crippen molar-refractivity contribution in [3.8, 4) is 16.8 Å². The molecule has 0 spiro atoms. The van der Waals surface area contributed by atoms with Crippen molar-refractivity contribution in [2.75, 3.05) is 4.90 Å². The van der Waals surface area contributed by atoms with E-state index in [4.69, 9.17) is 0 Å². The average molecular weight is 807 g/mol. The van der Waals surface area contributed by atoms with Crippen LogP contribution in [0.15, 0.2) is 231 Å². The number of anilines is 3. The lowest BCUT2D eigenvalue weighted by molar-refractivity contribution is 0.769. The minimum Gasteiger partial charge on any atom is -0.309 e. The molecule has 0 aliphatic heterocycles. The highest BCUT2D eigenvalue weighted by molar-refractivity contribution is 7.26. The Morgan fingerprint density at radius 1 is 0.403 bits per heavy atom. The van der Waals surface area contributed by atoms with Gasteiger partial charge in [0.05, 0.1) is 26.8 Å². The maximum absolute atomic E-state index is 2.52. The van der Waals surface area contributed by atoms with Crippen LogP contribution in [-0.2, 0) is 5.41 Å². The summed E-state index contributed by atoms with van der Waals surface area (Å²) in [5.41, 5.74) is 14.0. The van der Waals surface area contributed by atoms with Crippen LogP contribution in [-0.4, -0.2) is 4.57 Å². The Balaban J connectivity index is 1.14. The van der Waals surface area contributed by atoms with Crippen molar-refractivity contribution in [1.29, 1.82) is 0 Å². The molecular formula is C59H38N2S. The number of nitrogens with zero attached hydrogens (tertiary/aromatic N) is 2. The zero-order chi connectivity index (χ0) is 40.8. The van der Waals surface area contributed by atoms with Crippen LogP contribution in [0, 0.1) is 0 Å². The van der Waals surface area contributed by atoms with Gasteiger partial charge >= 0.3 is 0 Å². The number of rotatable bonds is 6. The lowest BCUT2D eigenvalue weighted by Crippen LogP contribution is -2.28. The van der Waals surface area contributed by atoms with Gasteiger partial charge in [0.15, 0.2) is 0 Å². The van der Waals surface area contributed by atoms with E-state index < -0.39 is 5.41 Å². The summed E-state index contributed by atoms with van der Waals surface area (Å²) in [6, 6.07) is 85.5. The Hall–Kier alpha value is -7.72. The van der Waals surface area contributed by atoms with Crippen LogP contribution in [0.5, 0.6) is 0 Å². The maximum Gasteiger partial charge on any atom is 0.0714 e. The normalized spacial score (nSPS) is 13.0. The topological polar surface area (TPSA) is 8.17 Å². The Morgan fingerprint density at radius 2 is 1.02 bits per heavy atom. The molecule has 13 rings (SSSR count). The smallest absolute Gasteiger partial charge is 0.0714 e. The zero-order valence-corrected chi connectivity index (χ0v) is 34.6. The van der Waals surface area contributed by atoms with Crippen LogP contribution in [0.1, 0.15) is 22.3 Å². The summed E-state index contributed by atoms with van der Waals surface area (Å²) in [6.07, 6.45) is 0. The summed E-state index contributed by atoms with van der Waals surface area (Å²) in [7, 11) is 0. The fourth-order valence-electron chi connectivity index (χ4n) is 10.7. The molecule has 10 aromatic carbocycles. The first-order chi connectivity index (χ1) is 30.8. The number of hydrogen-bond donors (Lipinski definition) is 0. The van der Waals surface area contributed by atoms with Crippen LogP contribution >= 0.6 is 11.3 Å². The number of fused-ring (bicyclic) bond motifs is 11. The highest BCUT2D eigenvalue weighted by Crippen LogP contribution is 2.59. The van der Waals surface area contributed by atoms with Crippen LogP contribution in [0.3, 0.4) is 0 Å². The van der Waals surface area contributed by atoms with Gasteiger partial charge in [-0.15, -0.1) is 11.3 Å². The summed E-state index contributed by atoms with van der Waals surface area (Å²) >= 11 is 1.88. The monoisotopic (exact) mass is 806 g/mol. The van der Waals surface area contributed by atoms with E-state index in [-0.39, 0.29) is 0 Å². The molecule has 0 unspecified atom stereocenters. The molecule has 0 saturated carbocycles. The molecular weight excluding hydrogens is 769 g/mol. The second-order valence-corrected chi connectivity index (χ2v) is 17.5. The van der Waals surface area contributed by atoms with Crippen molar-refractivity contribution in [3.05, 3.63) is 253 Å². The Kier molecular flexibility index (Phi) is 7.72. The van der Waals surface area contributed by atoms with Gasteiger partial charge in [-0.3, -0.25) is 0 Å². The predicted molar refractivity (Wildman–Crippen MR) is 263 cm³/mol. The molecule has 62 heavy (non-hydrogen) atoms. The van der Waals surface area contributed by atoms with Crippen molar-refractivity contribution in [2.45, 2.75) is 5.41 Å². The molecule has 1 aliphatic carbocycles. The van der Waals surface area contributed by atoms with E-state index in [9.17, 15) is 0 Å². The summed E-state index contributed by atoms with van der Waals surface area (Å²) in [5.74, 6) is 0. The molecule has 2 heterocycles. The van der Waals surface area contributed by atoms with Crippen molar-refractivity contribution in [1.82, 2.24) is 4.57 Å². The SMILES string of the molecule is c1ccc(-n2c3ccccc3c3ccc(N(c4ccc5c(c4)C(c4ccccc4)(c4ccccc4)c4ccc6ccccc6c4-5)c4cccc5c4sc4ccccc45)cc32)cc1. The quantitative estimate of drug-likeness (QED) is 0.162. The van der Waals surface area contributed by atoms with E-state index in [0.29, 0.717) is 0 Å². The molecule has 1 aliphatic rings. The first-order valence-electron chi connectivity index (χ1n) is 21.3. The Labute approximate surface area is 363 Å². The van der Waals surface area contributed by atoms with Gasteiger partial charge in [0.2, 0.25) is 0 Å². The fraction of sp³-hybridized carbons (Fsp3) is 0.0169. The van der Waals surface area contributed by atoms with E-state index in [1.807, 2.05) is 11.3 Å². The lowest BCUT2D eigenvalue weighted by atomic mass is 9.67. The number of para-hydroxylation sites is 2. The number of aromatic nitrogens is 1. The van der Waals surface area contributed by atoms with Gasteiger partial charge in [0.25, 0.3) is 0 Å². The van der Waals surface area contributed by atoms with E-state index >= 15 is 0 Å². The molecule has 0 N–H and O–H groups in total. The van der Waals surface area contributed by atoms with Gasteiger partial charge in [-0.05, 0) is 98.8 Å². The second-order valence-electron chi connectivity index (χ2n) is 16.4. The van der Waals surface area contributed by atoms with Crippen molar-refractivity contribution >= 4 is 81.1 Å². The van der Waals surface area contributed by atoms with Gasteiger partial charge in [-0.2, -0.15) is 0 Å². The third-order valence-electron chi connectivity index (χ3n) is 13.2. The van der Waals surface area contributed by atoms with Gasteiger partial charge in [0, 0.05) is 43.3 Å². The average Bonchev–Trinajstić information content (AvgIpc) is 3.99. The zero-order valence-electron chi connectivity index (χ0n) is 33.7. The minimum absolute atomic E-state index is 0.563. The van der Waals surface area contributed by atoms with E-state index in [1.165, 1.54) is 86.1 Å². The molecule has 290 valence electrons. The molecule has 3 heteroatoms. The van der Waals surface area contributed by atoms with Crippen LogP contribution in [0.25, 0.3) is 69.6 Å². The van der Waals surface area contributed by atoms with E-state index in [1.54, 1.807) is 0 Å². The Bertz CT molecular complexity index is 3660. The lowest BCUT2D eigenvalue weighted by Gasteiger charge is -2.35. The van der Waals surface area contributed by atoms with Crippen LogP contribution < -0.4 is 4.90 Å². The minimum atomic E-state index is -0.563. The van der Waals surface area contributed by atoms with Crippen molar-refractivity contribution in [2.24, 2.45) is 0 Å². The molecule has 0 bridgehead atoms. The predicted octanol–water partition coefficient (Wildman–Crippen LogP) is 16.1. The maximum atomic E-state index is 2.52. The number of thiophene rings is 1. The highest BCUT2D eigenvalue weighted by Gasteiger charge is 2.47. The molecule has 0 atom stereocenters. The van der Waals surface area contributed by atoms with Crippen molar-refractivity contribution < 1.29 is 0 Å². The fourth-order valence-corrected chi connectivity index (χ4v) is 11.9. The molecule has 0 amide bonds. The third kappa shape index (κ3) is 4.97. The highest BCUT2D eigenvalue weighted by atomic mass is 32.1. The van der Waals surface area contributed by atoms with Gasteiger partial charge < -0.3 is 9.47 Å². The summed E-state index contributed by atoms with van der Waals surface area (Å²) < 4.78 is 4.98. The van der Waals surface area contributed by atoms with E-state index in [2.05, 4.69) is 240 Å². The first kappa shape index (κ1) is 35.1. The first-order valence-corrected chi connectivity index (χ1v) is 22.2. The molecule has 12 aromatic rings. The third-order valence-corrected chi connectivity index (χ3v) is 14.4. The summed E-state index contributed by atoms with van der Waals surface area (Å²) in [5, 5.41) is 7.57. The van der Waals surface area contributed by atoms with Crippen LogP contribution in [0.4, 0.5) is 17.1 Å². The van der Waals surface area contributed by atoms with Gasteiger partial charge in [0.1, 0.15) is 0 Å². The van der Waals surface area contributed by atoms with Gasteiger partial charge in [-0.1, -0.05) is 176 Å². The summed E-state index contributed by atoms with van der Waals surface area (Å²) in [6.45, 7) is 0. The largest absolute Gasteiger partial charge is 0.309 e. The second kappa shape index (κ2) is 13.7. The molecule has 2 aromatic heterocycles. The van der Waals surface area contributed by atoms with E-state index in [0.717, 1.165) is 22.7 Å². The molecule has 0 fully saturated rings.